The number of rotatable bonds is 3. The van der Waals surface area contributed by atoms with E-state index in [1.54, 1.807) is 13.8 Å². The molecule has 0 bridgehead atoms. The molecule has 1 aliphatic heterocycles. The van der Waals surface area contributed by atoms with E-state index in [9.17, 15) is 19.1 Å². The molecule has 0 spiro atoms. The van der Waals surface area contributed by atoms with Crippen molar-refractivity contribution in [3.05, 3.63) is 57.5 Å². The maximum Gasteiger partial charge on any atom is 0.296 e. The van der Waals surface area contributed by atoms with Gasteiger partial charge in [0.1, 0.15) is 17.2 Å². The van der Waals surface area contributed by atoms with E-state index in [2.05, 4.69) is 16.4 Å². The summed E-state index contributed by atoms with van der Waals surface area (Å²) in [4.78, 5) is 29.1. The smallest absolute Gasteiger partial charge is 0.296 e. The lowest BCUT2D eigenvalue weighted by molar-refractivity contribution is -0.0227. The van der Waals surface area contributed by atoms with Gasteiger partial charge in [-0.3, -0.25) is 14.2 Å². The fourth-order valence-corrected chi connectivity index (χ4v) is 2.79. The highest BCUT2D eigenvalue weighted by molar-refractivity contribution is 5.94. The number of aromatic nitrogens is 2. The second-order valence-corrected chi connectivity index (χ2v) is 6.52. The topological polar surface area (TPSA) is 93.5 Å². The second-order valence-electron chi connectivity index (χ2n) is 6.52. The SMILES string of the molecule is CC1(C)OCCCn2c1nc(C(=O)NCc1[c]cc(F)cc1)c(O)c2=O. The molecule has 1 amide bonds. The first-order valence-corrected chi connectivity index (χ1v) is 8.22. The zero-order chi connectivity index (χ0) is 18.9. The van der Waals surface area contributed by atoms with E-state index in [4.69, 9.17) is 4.74 Å². The molecule has 1 radical (unpaired) electrons. The number of fused-ring (bicyclic) bond motifs is 1. The molecule has 8 heteroatoms. The van der Waals surface area contributed by atoms with E-state index in [0.29, 0.717) is 25.1 Å². The van der Waals surface area contributed by atoms with Crippen molar-refractivity contribution >= 4 is 5.91 Å². The fourth-order valence-electron chi connectivity index (χ4n) is 2.79. The predicted octanol–water partition coefficient (Wildman–Crippen LogP) is 1.47. The van der Waals surface area contributed by atoms with Crippen molar-refractivity contribution in [1.82, 2.24) is 14.9 Å². The van der Waals surface area contributed by atoms with E-state index >= 15 is 0 Å². The van der Waals surface area contributed by atoms with Crippen LogP contribution in [0.2, 0.25) is 0 Å². The highest BCUT2D eigenvalue weighted by atomic mass is 19.1. The van der Waals surface area contributed by atoms with Gasteiger partial charge in [0.2, 0.25) is 5.75 Å². The van der Waals surface area contributed by atoms with E-state index in [1.165, 1.54) is 16.7 Å². The van der Waals surface area contributed by atoms with Crippen molar-refractivity contribution in [3.63, 3.8) is 0 Å². The number of hydrogen-bond acceptors (Lipinski definition) is 5. The fraction of sp³-hybridized carbons (Fsp3) is 0.389. The Kier molecular flexibility index (Phi) is 4.78. The van der Waals surface area contributed by atoms with Gasteiger partial charge in [-0.25, -0.2) is 9.37 Å². The lowest BCUT2D eigenvalue weighted by Gasteiger charge is -2.24. The number of nitrogens with one attached hydrogen (secondary N) is 1. The van der Waals surface area contributed by atoms with Crippen LogP contribution in [0, 0.1) is 11.9 Å². The van der Waals surface area contributed by atoms with Gasteiger partial charge in [0.25, 0.3) is 11.5 Å². The number of nitrogens with zero attached hydrogens (tertiary/aromatic N) is 2. The molecule has 26 heavy (non-hydrogen) atoms. The van der Waals surface area contributed by atoms with Crippen molar-refractivity contribution < 1.29 is 19.0 Å². The third-order valence-electron chi connectivity index (χ3n) is 4.17. The number of carbonyl (C=O) groups excluding carboxylic acids is 1. The number of halogens is 1. The van der Waals surface area contributed by atoms with Crippen LogP contribution in [0.25, 0.3) is 0 Å². The lowest BCUT2D eigenvalue weighted by atomic mass is 10.1. The Hall–Kier alpha value is -2.74. The third-order valence-corrected chi connectivity index (χ3v) is 4.17. The summed E-state index contributed by atoms with van der Waals surface area (Å²) in [5.74, 6) is -1.55. The maximum absolute atomic E-state index is 12.9. The van der Waals surface area contributed by atoms with Gasteiger partial charge in [0.05, 0.1) is 0 Å². The standard InChI is InChI=1S/C18H19FN3O4/c1-18(2)17-21-13(14(23)16(25)22(17)8-3-9-26-18)15(24)20-10-11-4-6-12(19)7-5-11/h4,6-7,23H,3,8-10H2,1-2H3,(H,20,24). The molecular weight excluding hydrogens is 341 g/mol. The third kappa shape index (κ3) is 3.45. The Morgan fingerprint density at radius 3 is 2.96 bits per heavy atom. The van der Waals surface area contributed by atoms with Crippen LogP contribution in [-0.2, 0) is 23.4 Å². The summed E-state index contributed by atoms with van der Waals surface area (Å²) < 4.78 is 20.0. The van der Waals surface area contributed by atoms with Gasteiger partial charge in [-0.05, 0) is 44.0 Å². The molecule has 0 aliphatic carbocycles. The predicted molar refractivity (Wildman–Crippen MR) is 90.2 cm³/mol. The van der Waals surface area contributed by atoms with E-state index in [0.717, 1.165) is 6.07 Å². The molecule has 137 valence electrons. The maximum atomic E-state index is 12.9. The van der Waals surface area contributed by atoms with Gasteiger partial charge in [0.15, 0.2) is 5.69 Å². The Labute approximate surface area is 149 Å². The summed E-state index contributed by atoms with van der Waals surface area (Å²) >= 11 is 0. The van der Waals surface area contributed by atoms with Crippen LogP contribution in [0.3, 0.4) is 0 Å². The monoisotopic (exact) mass is 360 g/mol. The quantitative estimate of drug-likeness (QED) is 0.865. The van der Waals surface area contributed by atoms with Crippen LogP contribution in [0.5, 0.6) is 5.75 Å². The summed E-state index contributed by atoms with van der Waals surface area (Å²) in [5, 5.41) is 12.7. The van der Waals surface area contributed by atoms with Gasteiger partial charge in [0, 0.05) is 19.7 Å². The molecule has 2 aromatic rings. The molecule has 0 unspecified atom stereocenters. The Morgan fingerprint density at radius 1 is 1.50 bits per heavy atom. The number of hydrogen-bond donors (Lipinski definition) is 2. The molecule has 0 fully saturated rings. The van der Waals surface area contributed by atoms with Crippen LogP contribution in [-0.4, -0.2) is 27.2 Å². The van der Waals surface area contributed by atoms with E-state index in [-0.39, 0.29) is 18.1 Å². The van der Waals surface area contributed by atoms with Crippen LogP contribution in [0.15, 0.2) is 23.0 Å². The van der Waals surface area contributed by atoms with Crippen LogP contribution < -0.4 is 10.9 Å². The molecule has 1 aliphatic rings. The van der Waals surface area contributed by atoms with Gasteiger partial charge in [-0.15, -0.1) is 0 Å². The Bertz CT molecular complexity index is 891. The normalized spacial score (nSPS) is 15.8. The molecule has 2 heterocycles. The van der Waals surface area contributed by atoms with E-state index in [1.807, 2.05) is 0 Å². The molecule has 7 nitrogen and oxygen atoms in total. The first-order chi connectivity index (χ1) is 12.3. The molecular formula is C18H19FN3O4. The Morgan fingerprint density at radius 2 is 2.27 bits per heavy atom. The van der Waals surface area contributed by atoms with Crippen molar-refractivity contribution in [2.24, 2.45) is 0 Å². The van der Waals surface area contributed by atoms with Crippen LogP contribution in [0.4, 0.5) is 4.39 Å². The lowest BCUT2D eigenvalue weighted by Crippen LogP contribution is -2.35. The molecule has 1 aromatic heterocycles. The van der Waals surface area contributed by atoms with Gasteiger partial charge in [-0.1, -0.05) is 6.07 Å². The summed E-state index contributed by atoms with van der Waals surface area (Å²) in [7, 11) is 0. The Balaban J connectivity index is 1.91. The number of carbonyl (C=O) groups is 1. The first kappa shape index (κ1) is 18.1. The van der Waals surface area contributed by atoms with Crippen molar-refractivity contribution in [1.29, 1.82) is 0 Å². The largest absolute Gasteiger partial charge is 0.501 e. The molecule has 0 atom stereocenters. The molecule has 3 rings (SSSR count). The summed E-state index contributed by atoms with van der Waals surface area (Å²) in [5.41, 5.74) is -1.35. The zero-order valence-electron chi connectivity index (χ0n) is 14.5. The average Bonchev–Trinajstić information content (AvgIpc) is 2.75. The first-order valence-electron chi connectivity index (χ1n) is 8.22. The molecule has 0 saturated carbocycles. The van der Waals surface area contributed by atoms with Crippen LogP contribution in [0.1, 0.15) is 42.1 Å². The molecule has 1 aromatic carbocycles. The average molecular weight is 360 g/mol. The summed E-state index contributed by atoms with van der Waals surface area (Å²) in [6, 6.07) is 6.57. The number of aromatic hydroxyl groups is 1. The van der Waals surface area contributed by atoms with Gasteiger partial charge in [-0.2, -0.15) is 0 Å². The zero-order valence-corrected chi connectivity index (χ0v) is 14.5. The number of amides is 1. The van der Waals surface area contributed by atoms with Crippen molar-refractivity contribution in [2.75, 3.05) is 6.61 Å². The van der Waals surface area contributed by atoms with Crippen LogP contribution >= 0.6 is 0 Å². The van der Waals surface area contributed by atoms with E-state index < -0.39 is 28.6 Å². The van der Waals surface area contributed by atoms with Crippen molar-refractivity contribution in [3.8, 4) is 5.75 Å². The summed E-state index contributed by atoms with van der Waals surface area (Å²) in [6.07, 6.45) is 0.601. The second kappa shape index (κ2) is 6.87. The van der Waals surface area contributed by atoms with Gasteiger partial charge >= 0.3 is 0 Å². The molecule has 0 saturated heterocycles. The highest BCUT2D eigenvalue weighted by Crippen LogP contribution is 2.26. The van der Waals surface area contributed by atoms with Crippen molar-refractivity contribution in [2.45, 2.75) is 39.0 Å². The summed E-state index contributed by atoms with van der Waals surface area (Å²) in [6.45, 7) is 4.35. The minimum atomic E-state index is -0.872. The number of benzene rings is 1. The minimum Gasteiger partial charge on any atom is -0.501 e. The number of ether oxygens (including phenoxy) is 1. The minimum absolute atomic E-state index is 0.0541. The van der Waals surface area contributed by atoms with Gasteiger partial charge < -0.3 is 15.2 Å². The molecule has 2 N–H and O–H groups in total. The highest BCUT2D eigenvalue weighted by Gasteiger charge is 2.33.